The van der Waals surface area contributed by atoms with Crippen LogP contribution in [0.1, 0.15) is 33.1 Å². The number of carbonyl (C=O) groups excluding carboxylic acids is 4. The lowest BCUT2D eigenvalue weighted by molar-refractivity contribution is -0.150. The summed E-state index contributed by atoms with van der Waals surface area (Å²) < 4.78 is 4.93. The highest BCUT2D eigenvalue weighted by Crippen LogP contribution is 2.25. The molecule has 0 saturated carbocycles. The first-order valence-electron chi connectivity index (χ1n) is 9.03. The van der Waals surface area contributed by atoms with Crippen molar-refractivity contribution in [2.45, 2.75) is 43.5 Å². The molecule has 0 spiro atoms. The second-order valence-electron chi connectivity index (χ2n) is 6.67. The van der Waals surface area contributed by atoms with Gasteiger partial charge in [0.15, 0.2) is 6.61 Å². The second kappa shape index (κ2) is 9.59. The monoisotopic (exact) mass is 407 g/mol. The largest absolute Gasteiger partial charge is 0.454 e. The fourth-order valence-corrected chi connectivity index (χ4v) is 3.40. The molecule has 28 heavy (non-hydrogen) atoms. The van der Waals surface area contributed by atoms with Crippen molar-refractivity contribution >= 4 is 41.3 Å². The van der Waals surface area contributed by atoms with E-state index in [1.54, 1.807) is 19.1 Å². The van der Waals surface area contributed by atoms with Gasteiger partial charge in [-0.15, -0.1) is 11.8 Å². The van der Waals surface area contributed by atoms with Crippen LogP contribution < -0.4 is 10.6 Å². The van der Waals surface area contributed by atoms with Crippen molar-refractivity contribution in [2.24, 2.45) is 0 Å². The highest BCUT2D eigenvalue weighted by molar-refractivity contribution is 7.98. The van der Waals surface area contributed by atoms with E-state index in [4.69, 9.17) is 4.74 Å². The van der Waals surface area contributed by atoms with E-state index in [-0.39, 0.29) is 0 Å². The van der Waals surface area contributed by atoms with E-state index < -0.39 is 42.5 Å². The first kappa shape index (κ1) is 21.7. The number of para-hydroxylation sites is 1. The summed E-state index contributed by atoms with van der Waals surface area (Å²) in [5.41, 5.74) is -0.386. The van der Waals surface area contributed by atoms with Crippen molar-refractivity contribution in [1.29, 1.82) is 0 Å². The number of nitrogens with zero attached hydrogens (tertiary/aromatic N) is 1. The average molecular weight is 407 g/mol. The van der Waals surface area contributed by atoms with Crippen LogP contribution in [-0.2, 0) is 19.1 Å². The number of hydrogen-bond acceptors (Lipinski definition) is 6. The zero-order valence-electron chi connectivity index (χ0n) is 16.2. The minimum absolute atomic E-state index is 0.457. The van der Waals surface area contributed by atoms with Gasteiger partial charge in [-0.05, 0) is 31.7 Å². The van der Waals surface area contributed by atoms with Crippen LogP contribution in [0.2, 0.25) is 0 Å². The first-order valence-corrected chi connectivity index (χ1v) is 10.3. The van der Waals surface area contributed by atoms with Crippen LogP contribution >= 0.6 is 11.8 Å². The number of anilines is 1. The summed E-state index contributed by atoms with van der Waals surface area (Å²) in [7, 11) is 0. The molecule has 1 aliphatic rings. The Labute approximate surface area is 168 Å². The van der Waals surface area contributed by atoms with Crippen LogP contribution in [0.4, 0.5) is 10.5 Å². The molecule has 1 heterocycles. The van der Waals surface area contributed by atoms with Gasteiger partial charge in [-0.25, -0.2) is 4.79 Å². The normalized spacial score (nSPS) is 18.8. The molecule has 8 nitrogen and oxygen atoms in total. The van der Waals surface area contributed by atoms with E-state index in [9.17, 15) is 19.2 Å². The van der Waals surface area contributed by atoms with Crippen LogP contribution in [0.15, 0.2) is 29.2 Å². The average Bonchev–Trinajstić information content (AvgIpc) is 2.88. The van der Waals surface area contributed by atoms with Gasteiger partial charge in [0, 0.05) is 4.90 Å². The number of urea groups is 1. The molecule has 0 bridgehead atoms. The molecule has 1 aromatic rings. The molecule has 0 aliphatic carbocycles. The van der Waals surface area contributed by atoms with Gasteiger partial charge in [0.1, 0.15) is 12.1 Å². The Kier molecular flexibility index (Phi) is 7.45. The predicted octanol–water partition coefficient (Wildman–Crippen LogP) is 2.39. The minimum atomic E-state index is -1.01. The third kappa shape index (κ3) is 5.25. The molecule has 0 radical (unpaired) electrons. The zero-order chi connectivity index (χ0) is 20.7. The molecule has 152 valence electrons. The Balaban J connectivity index is 1.86. The van der Waals surface area contributed by atoms with E-state index >= 15 is 0 Å². The highest BCUT2D eigenvalue weighted by Gasteiger charge is 2.47. The van der Waals surface area contributed by atoms with Crippen LogP contribution in [0, 0.1) is 0 Å². The van der Waals surface area contributed by atoms with Gasteiger partial charge in [0.05, 0.1) is 5.69 Å². The number of rotatable bonds is 9. The number of hydrogen-bond donors (Lipinski definition) is 2. The molecule has 0 aromatic heterocycles. The van der Waals surface area contributed by atoms with E-state index in [1.807, 2.05) is 25.3 Å². The van der Waals surface area contributed by atoms with E-state index in [2.05, 4.69) is 10.6 Å². The Morgan fingerprint density at radius 2 is 2.00 bits per heavy atom. The lowest BCUT2D eigenvalue weighted by atomic mass is 9.95. The van der Waals surface area contributed by atoms with Crippen molar-refractivity contribution in [3.05, 3.63) is 24.3 Å². The maximum Gasteiger partial charge on any atom is 0.326 e. The van der Waals surface area contributed by atoms with Gasteiger partial charge in [0.2, 0.25) is 0 Å². The number of ether oxygens (including phenoxy) is 1. The SMILES string of the molecule is CCCC[C@]1(C)NC(=O)N(CC(=O)OCC(=O)Nc2ccccc2SC)C1=O. The van der Waals surface area contributed by atoms with Gasteiger partial charge >= 0.3 is 12.0 Å². The Morgan fingerprint density at radius 1 is 1.29 bits per heavy atom. The van der Waals surface area contributed by atoms with Gasteiger partial charge < -0.3 is 15.4 Å². The van der Waals surface area contributed by atoms with E-state index in [1.165, 1.54) is 11.8 Å². The number of esters is 1. The van der Waals surface area contributed by atoms with Crippen LogP contribution in [0.5, 0.6) is 0 Å². The molecule has 1 atom stereocenters. The van der Waals surface area contributed by atoms with Crippen molar-refractivity contribution in [3.63, 3.8) is 0 Å². The molecule has 1 fully saturated rings. The summed E-state index contributed by atoms with van der Waals surface area (Å²) in [5.74, 6) is -1.78. The predicted molar refractivity (Wildman–Crippen MR) is 106 cm³/mol. The third-order valence-corrected chi connectivity index (χ3v) is 5.20. The molecule has 0 unspecified atom stereocenters. The summed E-state index contributed by atoms with van der Waals surface area (Å²) in [6.07, 6.45) is 4.04. The third-order valence-electron chi connectivity index (χ3n) is 4.41. The molecular formula is C19H25N3O5S. The maximum atomic E-state index is 12.5. The van der Waals surface area contributed by atoms with Gasteiger partial charge in [-0.2, -0.15) is 0 Å². The fourth-order valence-electron chi connectivity index (χ4n) is 2.85. The molecule has 2 N–H and O–H groups in total. The maximum absolute atomic E-state index is 12.5. The summed E-state index contributed by atoms with van der Waals surface area (Å²) in [6.45, 7) is 2.60. The fraction of sp³-hybridized carbons (Fsp3) is 0.474. The Hall–Kier alpha value is -2.55. The molecular weight excluding hydrogens is 382 g/mol. The lowest BCUT2D eigenvalue weighted by Crippen LogP contribution is -2.44. The quantitative estimate of drug-likeness (QED) is 0.370. The summed E-state index contributed by atoms with van der Waals surface area (Å²) in [6, 6.07) is 6.62. The number of nitrogens with one attached hydrogen (secondary N) is 2. The molecule has 9 heteroatoms. The number of unbranched alkanes of at least 4 members (excludes halogenated alkanes) is 1. The lowest BCUT2D eigenvalue weighted by Gasteiger charge is -2.21. The molecule has 1 aromatic carbocycles. The molecule has 4 amide bonds. The molecule has 2 rings (SSSR count). The number of carbonyl (C=O) groups is 4. The summed E-state index contributed by atoms with van der Waals surface area (Å²) >= 11 is 1.48. The Bertz CT molecular complexity index is 770. The minimum Gasteiger partial charge on any atom is -0.454 e. The van der Waals surface area contributed by atoms with Crippen molar-refractivity contribution < 1.29 is 23.9 Å². The number of thioether (sulfide) groups is 1. The standard InChI is InChI=1S/C19H25N3O5S/c1-4-5-10-19(2)17(25)22(18(26)21-19)11-16(24)27-12-15(23)20-13-8-6-7-9-14(13)28-3/h6-9H,4-5,10-12H2,1-3H3,(H,20,23)(H,21,26)/t19-/m0/s1. The van der Waals surface area contributed by atoms with E-state index in [0.717, 1.165) is 22.6 Å². The summed E-state index contributed by atoms with van der Waals surface area (Å²) in [5, 5.41) is 5.30. The molecule has 1 aliphatic heterocycles. The number of amides is 4. The van der Waals surface area contributed by atoms with E-state index in [0.29, 0.717) is 12.1 Å². The summed E-state index contributed by atoms with van der Waals surface area (Å²) in [4.78, 5) is 50.3. The second-order valence-corrected chi connectivity index (χ2v) is 7.51. The van der Waals surface area contributed by atoms with Crippen LogP contribution in [0.25, 0.3) is 0 Å². The highest BCUT2D eigenvalue weighted by atomic mass is 32.2. The molecule has 1 saturated heterocycles. The zero-order valence-corrected chi connectivity index (χ0v) is 17.1. The first-order chi connectivity index (χ1) is 13.3. The van der Waals surface area contributed by atoms with Crippen LogP contribution in [0.3, 0.4) is 0 Å². The van der Waals surface area contributed by atoms with Crippen molar-refractivity contribution in [1.82, 2.24) is 10.2 Å². The number of imide groups is 1. The van der Waals surface area contributed by atoms with Gasteiger partial charge in [-0.1, -0.05) is 31.9 Å². The Morgan fingerprint density at radius 3 is 2.68 bits per heavy atom. The smallest absolute Gasteiger partial charge is 0.326 e. The van der Waals surface area contributed by atoms with Crippen LogP contribution in [-0.4, -0.2) is 53.7 Å². The van der Waals surface area contributed by atoms with Crippen molar-refractivity contribution in [3.8, 4) is 0 Å². The van der Waals surface area contributed by atoms with Crippen molar-refractivity contribution in [2.75, 3.05) is 24.7 Å². The topological polar surface area (TPSA) is 105 Å². The number of benzene rings is 1. The van der Waals surface area contributed by atoms with Gasteiger partial charge in [0.25, 0.3) is 11.8 Å². The van der Waals surface area contributed by atoms with Gasteiger partial charge in [-0.3, -0.25) is 19.3 Å².